The molecule has 2 saturated heterocycles. The minimum absolute atomic E-state index is 0.443. The second kappa shape index (κ2) is 7.15. The number of carbonyl (C=O) groups excluding carboxylic acids is 1. The Morgan fingerprint density at radius 3 is 2.15 bits per heavy atom. The van der Waals surface area contributed by atoms with Gasteiger partial charge in [0.2, 0.25) is 0 Å². The fourth-order valence-corrected chi connectivity index (χ4v) is 3.62. The number of carbonyl (C=O) groups is 1. The number of piperazine rings is 1. The lowest BCUT2D eigenvalue weighted by atomic mass is 10.2. The van der Waals surface area contributed by atoms with Crippen LogP contribution in [0.4, 0.5) is 17.5 Å². The van der Waals surface area contributed by atoms with Crippen molar-refractivity contribution in [3.63, 3.8) is 0 Å². The van der Waals surface area contributed by atoms with Crippen molar-refractivity contribution in [2.75, 3.05) is 54.0 Å². The number of hydrogen-bond acceptors (Lipinski definition) is 7. The molecule has 4 heterocycles. The zero-order chi connectivity index (χ0) is 17.9. The summed E-state index contributed by atoms with van der Waals surface area (Å²) in [5.41, 5.74) is 5.95. The van der Waals surface area contributed by atoms with E-state index in [-0.39, 0.29) is 0 Å². The predicted molar refractivity (Wildman–Crippen MR) is 101 cm³/mol. The van der Waals surface area contributed by atoms with Gasteiger partial charge in [-0.15, -0.1) is 0 Å². The van der Waals surface area contributed by atoms with Gasteiger partial charge in [-0.05, 0) is 25.0 Å². The lowest BCUT2D eigenvalue weighted by molar-refractivity contribution is 0.100. The number of nitrogens with two attached hydrogens (primary N) is 1. The molecule has 2 aliphatic rings. The lowest BCUT2D eigenvalue weighted by Gasteiger charge is -2.36. The fourth-order valence-electron chi connectivity index (χ4n) is 3.62. The van der Waals surface area contributed by atoms with E-state index in [0.29, 0.717) is 11.4 Å². The van der Waals surface area contributed by atoms with Crippen molar-refractivity contribution in [2.24, 2.45) is 5.73 Å². The average Bonchev–Trinajstić information content (AvgIpc) is 3.23. The molecule has 136 valence electrons. The second-order valence-corrected chi connectivity index (χ2v) is 6.64. The highest BCUT2D eigenvalue weighted by Crippen LogP contribution is 2.24. The number of amides is 1. The largest absolute Gasteiger partial charge is 0.365 e. The van der Waals surface area contributed by atoms with E-state index >= 15 is 0 Å². The molecule has 4 rings (SSSR count). The van der Waals surface area contributed by atoms with Crippen molar-refractivity contribution in [3.05, 3.63) is 36.3 Å². The van der Waals surface area contributed by atoms with Crippen LogP contribution in [0.15, 0.2) is 30.7 Å². The summed E-state index contributed by atoms with van der Waals surface area (Å²) >= 11 is 0. The van der Waals surface area contributed by atoms with Crippen LogP contribution in [0, 0.1) is 0 Å². The summed E-state index contributed by atoms with van der Waals surface area (Å²) < 4.78 is 0. The Labute approximate surface area is 152 Å². The third kappa shape index (κ3) is 3.26. The molecule has 2 aromatic rings. The van der Waals surface area contributed by atoms with Crippen LogP contribution in [0.3, 0.4) is 0 Å². The molecule has 0 saturated carbocycles. The molecule has 0 radical (unpaired) electrons. The molecule has 8 nitrogen and oxygen atoms in total. The molecule has 0 atom stereocenters. The van der Waals surface area contributed by atoms with Gasteiger partial charge in [0.1, 0.15) is 23.8 Å². The molecule has 8 heteroatoms. The van der Waals surface area contributed by atoms with Gasteiger partial charge < -0.3 is 20.4 Å². The molecule has 2 N–H and O–H groups in total. The van der Waals surface area contributed by atoms with E-state index in [2.05, 4.69) is 35.7 Å². The van der Waals surface area contributed by atoms with E-state index in [1.807, 2.05) is 0 Å². The second-order valence-electron chi connectivity index (χ2n) is 6.64. The van der Waals surface area contributed by atoms with Gasteiger partial charge in [0.25, 0.3) is 5.91 Å². The molecular weight excluding hydrogens is 330 g/mol. The molecule has 2 fully saturated rings. The summed E-state index contributed by atoms with van der Waals surface area (Å²) in [6.07, 6.45) is 5.80. The summed E-state index contributed by atoms with van der Waals surface area (Å²) in [7, 11) is 0. The van der Waals surface area contributed by atoms with Gasteiger partial charge in [-0.3, -0.25) is 4.79 Å². The van der Waals surface area contributed by atoms with Crippen LogP contribution in [0.25, 0.3) is 0 Å². The number of rotatable bonds is 4. The summed E-state index contributed by atoms with van der Waals surface area (Å²) in [6, 6.07) is 5.54. The predicted octanol–water partition coefficient (Wildman–Crippen LogP) is 0.897. The Bertz CT molecular complexity index is 783. The van der Waals surface area contributed by atoms with Crippen molar-refractivity contribution in [1.82, 2.24) is 15.0 Å². The quantitative estimate of drug-likeness (QED) is 0.873. The van der Waals surface area contributed by atoms with E-state index in [4.69, 9.17) is 5.73 Å². The summed E-state index contributed by atoms with van der Waals surface area (Å²) in [5, 5.41) is 0. The topological polar surface area (TPSA) is 91.5 Å². The highest BCUT2D eigenvalue weighted by atomic mass is 16.1. The van der Waals surface area contributed by atoms with Gasteiger partial charge in [-0.2, -0.15) is 0 Å². The van der Waals surface area contributed by atoms with Crippen molar-refractivity contribution >= 4 is 23.4 Å². The van der Waals surface area contributed by atoms with Crippen LogP contribution in [0.1, 0.15) is 23.2 Å². The maximum atomic E-state index is 11.6. The summed E-state index contributed by atoms with van der Waals surface area (Å²) in [6.45, 7) is 5.29. The van der Waals surface area contributed by atoms with E-state index in [0.717, 1.165) is 50.9 Å². The number of hydrogen-bond donors (Lipinski definition) is 1. The molecule has 2 aromatic heterocycles. The number of primary amides is 1. The van der Waals surface area contributed by atoms with Crippen molar-refractivity contribution < 1.29 is 4.79 Å². The standard InChI is InChI=1S/C18H23N7O/c19-17(26)14-4-3-5-20-18(14)25-10-8-24(9-11-25)16-12-15(21-13-22-16)23-6-1-2-7-23/h3-5,12-13H,1-2,6-11H2,(H2,19,26). The maximum Gasteiger partial charge on any atom is 0.252 e. The smallest absolute Gasteiger partial charge is 0.252 e. The molecule has 2 aliphatic heterocycles. The Kier molecular flexibility index (Phi) is 4.55. The maximum absolute atomic E-state index is 11.6. The van der Waals surface area contributed by atoms with E-state index in [1.54, 1.807) is 24.7 Å². The Balaban J connectivity index is 1.46. The highest BCUT2D eigenvalue weighted by Gasteiger charge is 2.23. The number of aromatic nitrogens is 3. The van der Waals surface area contributed by atoms with Crippen molar-refractivity contribution in [1.29, 1.82) is 0 Å². The average molecular weight is 353 g/mol. The number of anilines is 3. The van der Waals surface area contributed by atoms with Crippen LogP contribution in [-0.2, 0) is 0 Å². The zero-order valence-corrected chi connectivity index (χ0v) is 14.7. The van der Waals surface area contributed by atoms with Gasteiger partial charge in [-0.1, -0.05) is 0 Å². The minimum Gasteiger partial charge on any atom is -0.365 e. The molecule has 26 heavy (non-hydrogen) atoms. The number of pyridine rings is 1. The summed E-state index contributed by atoms with van der Waals surface area (Å²) in [5.74, 6) is 2.19. The monoisotopic (exact) mass is 353 g/mol. The van der Waals surface area contributed by atoms with Crippen LogP contribution in [0.5, 0.6) is 0 Å². The van der Waals surface area contributed by atoms with Crippen LogP contribution >= 0.6 is 0 Å². The molecule has 0 bridgehead atoms. The van der Waals surface area contributed by atoms with Gasteiger partial charge in [-0.25, -0.2) is 15.0 Å². The highest BCUT2D eigenvalue weighted by molar-refractivity contribution is 5.97. The molecule has 0 aromatic carbocycles. The van der Waals surface area contributed by atoms with Crippen LogP contribution in [0.2, 0.25) is 0 Å². The van der Waals surface area contributed by atoms with Crippen LogP contribution < -0.4 is 20.4 Å². The molecular formula is C18H23N7O. The fraction of sp³-hybridized carbons (Fsp3) is 0.444. The first kappa shape index (κ1) is 16.6. The first-order chi connectivity index (χ1) is 12.7. The van der Waals surface area contributed by atoms with Crippen LogP contribution in [-0.4, -0.2) is 60.1 Å². The summed E-state index contributed by atoms with van der Waals surface area (Å²) in [4.78, 5) is 31.6. The molecule has 0 unspecified atom stereocenters. The van der Waals surface area contributed by atoms with Crippen molar-refractivity contribution in [2.45, 2.75) is 12.8 Å². The van der Waals surface area contributed by atoms with E-state index in [9.17, 15) is 4.79 Å². The Morgan fingerprint density at radius 1 is 0.885 bits per heavy atom. The normalized spacial score (nSPS) is 17.6. The first-order valence-corrected chi connectivity index (χ1v) is 9.04. The van der Waals surface area contributed by atoms with Gasteiger partial charge in [0, 0.05) is 51.5 Å². The van der Waals surface area contributed by atoms with Gasteiger partial charge >= 0.3 is 0 Å². The van der Waals surface area contributed by atoms with E-state index in [1.165, 1.54) is 12.8 Å². The third-order valence-corrected chi connectivity index (χ3v) is 5.02. The van der Waals surface area contributed by atoms with Gasteiger partial charge in [0.15, 0.2) is 0 Å². The first-order valence-electron chi connectivity index (χ1n) is 9.04. The van der Waals surface area contributed by atoms with E-state index < -0.39 is 5.91 Å². The minimum atomic E-state index is -0.443. The third-order valence-electron chi connectivity index (χ3n) is 5.02. The number of nitrogens with zero attached hydrogens (tertiary/aromatic N) is 6. The Hall–Kier alpha value is -2.90. The molecule has 1 amide bonds. The zero-order valence-electron chi connectivity index (χ0n) is 14.7. The molecule has 0 spiro atoms. The molecule has 0 aliphatic carbocycles. The lowest BCUT2D eigenvalue weighted by Crippen LogP contribution is -2.47. The SMILES string of the molecule is NC(=O)c1cccnc1N1CCN(c2cc(N3CCCC3)ncn2)CC1. The Morgan fingerprint density at radius 2 is 1.50 bits per heavy atom. The van der Waals surface area contributed by atoms with Gasteiger partial charge in [0.05, 0.1) is 5.56 Å². The van der Waals surface area contributed by atoms with Crippen molar-refractivity contribution in [3.8, 4) is 0 Å².